The minimum atomic E-state index is -1.75. The molecular formula is C21H25N5O3S. The molecule has 0 radical (unpaired) electrons. The second-order valence-electron chi connectivity index (χ2n) is 8.27. The lowest BCUT2D eigenvalue weighted by atomic mass is 9.99. The van der Waals surface area contributed by atoms with E-state index in [1.807, 2.05) is 0 Å². The monoisotopic (exact) mass is 427 g/mol. The molecule has 1 atom stereocenters. The fourth-order valence-electron chi connectivity index (χ4n) is 4.75. The van der Waals surface area contributed by atoms with Crippen molar-refractivity contribution >= 4 is 29.0 Å². The number of urea groups is 1. The summed E-state index contributed by atoms with van der Waals surface area (Å²) in [5, 5.41) is 7.63. The average Bonchev–Trinajstić information content (AvgIpc) is 3.40. The van der Waals surface area contributed by atoms with Gasteiger partial charge in [0.05, 0.1) is 6.04 Å². The number of likely N-dealkylation sites (tertiary alicyclic amines) is 1. The van der Waals surface area contributed by atoms with Crippen molar-refractivity contribution in [3.05, 3.63) is 40.6 Å². The van der Waals surface area contributed by atoms with E-state index < -0.39 is 17.4 Å². The number of hydrogen-bond acceptors (Lipinski definition) is 4. The summed E-state index contributed by atoms with van der Waals surface area (Å²) in [7, 11) is 0. The lowest BCUT2D eigenvalue weighted by Crippen LogP contribution is -2.50. The molecule has 2 aliphatic carbocycles. The van der Waals surface area contributed by atoms with Crippen molar-refractivity contribution in [3.63, 3.8) is 0 Å². The van der Waals surface area contributed by atoms with Crippen molar-refractivity contribution < 1.29 is 14.1 Å². The highest BCUT2D eigenvalue weighted by Crippen LogP contribution is 2.38. The molecule has 3 aliphatic rings. The van der Waals surface area contributed by atoms with Gasteiger partial charge in [-0.1, -0.05) is 6.07 Å². The van der Waals surface area contributed by atoms with Crippen LogP contribution < -0.4 is 10.0 Å². The highest BCUT2D eigenvalue weighted by molar-refractivity contribution is 7.90. The molecule has 1 fully saturated rings. The quantitative estimate of drug-likeness (QED) is 0.730. The minimum absolute atomic E-state index is 0.0411. The van der Waals surface area contributed by atoms with E-state index in [1.165, 1.54) is 22.3 Å². The number of aromatic nitrogens is 2. The average molecular weight is 428 g/mol. The van der Waals surface area contributed by atoms with Gasteiger partial charge in [-0.25, -0.2) is 4.79 Å². The molecule has 0 saturated carbocycles. The zero-order valence-electron chi connectivity index (χ0n) is 16.9. The van der Waals surface area contributed by atoms with E-state index in [0.717, 1.165) is 44.2 Å². The zero-order valence-corrected chi connectivity index (χ0v) is 17.8. The number of rotatable bonds is 4. The van der Waals surface area contributed by atoms with Crippen molar-refractivity contribution in [1.82, 2.24) is 19.4 Å². The Labute approximate surface area is 178 Å². The molecule has 0 bridgehead atoms. The third-order valence-electron chi connectivity index (χ3n) is 6.35. The number of fused-ring (bicyclic) bond motifs is 2. The maximum Gasteiger partial charge on any atom is 0.361 e. The Morgan fingerprint density at radius 1 is 1.13 bits per heavy atom. The number of nitrogens with one attached hydrogen (secondary N) is 2. The van der Waals surface area contributed by atoms with Gasteiger partial charge in [0.25, 0.3) is 5.03 Å². The van der Waals surface area contributed by atoms with Crippen LogP contribution in [0.25, 0.3) is 0 Å². The summed E-state index contributed by atoms with van der Waals surface area (Å²) >= 11 is -1.75. The van der Waals surface area contributed by atoms with Crippen LogP contribution in [-0.4, -0.2) is 44.3 Å². The maximum absolute atomic E-state index is 12.6. The molecule has 8 nitrogen and oxygen atoms in total. The number of hydrogen-bond donors (Lipinski definition) is 2. The van der Waals surface area contributed by atoms with Gasteiger partial charge >= 0.3 is 6.03 Å². The molecule has 2 N–H and O–H groups in total. The van der Waals surface area contributed by atoms with Gasteiger partial charge in [-0.05, 0) is 60.8 Å². The molecule has 1 aromatic carbocycles. The summed E-state index contributed by atoms with van der Waals surface area (Å²) in [6.45, 7) is 2.74. The normalized spacial score (nSPS) is 18.5. The van der Waals surface area contributed by atoms with Gasteiger partial charge < -0.3 is 14.8 Å². The van der Waals surface area contributed by atoms with Crippen molar-refractivity contribution in [2.24, 2.45) is 0 Å². The zero-order chi connectivity index (χ0) is 20.8. The largest absolute Gasteiger partial charge is 0.586 e. The van der Waals surface area contributed by atoms with E-state index >= 15 is 0 Å². The van der Waals surface area contributed by atoms with Crippen LogP contribution in [0.2, 0.25) is 0 Å². The predicted molar refractivity (Wildman–Crippen MR) is 113 cm³/mol. The second kappa shape index (κ2) is 7.63. The van der Waals surface area contributed by atoms with Crippen molar-refractivity contribution in [2.45, 2.75) is 56.5 Å². The fourth-order valence-corrected chi connectivity index (χ4v) is 5.42. The molecule has 1 aliphatic heterocycles. The Morgan fingerprint density at radius 2 is 1.80 bits per heavy atom. The van der Waals surface area contributed by atoms with Gasteiger partial charge in [-0.15, -0.1) is 9.82 Å². The Kier molecular flexibility index (Phi) is 4.94. The molecule has 5 rings (SSSR count). The number of carbonyl (C=O) groups is 2. The first-order chi connectivity index (χ1) is 14.5. The van der Waals surface area contributed by atoms with Gasteiger partial charge in [-0.3, -0.25) is 9.48 Å². The molecule has 2 aromatic rings. The molecule has 9 heteroatoms. The Morgan fingerprint density at radius 3 is 2.43 bits per heavy atom. The van der Waals surface area contributed by atoms with Crippen molar-refractivity contribution in [3.8, 4) is 0 Å². The molecule has 2 heterocycles. The number of nitrogens with zero attached hydrogens (tertiary/aromatic N) is 3. The van der Waals surface area contributed by atoms with Crippen LogP contribution in [0.15, 0.2) is 23.4 Å². The standard InChI is InChI=1S/C21H25N5O3S/c1-13(27)25-11-16(12-25)26-9-8-19(23-26)30(29)24-21(28)22-20-17-6-2-4-14(17)10-15-5-3-7-18(15)20/h8-10,16H,2-7,11-12H2,1H3,(H2,22,24,28). The van der Waals surface area contributed by atoms with Crippen LogP contribution in [0.5, 0.6) is 0 Å². The van der Waals surface area contributed by atoms with Crippen molar-refractivity contribution in [1.29, 1.82) is 0 Å². The van der Waals surface area contributed by atoms with Gasteiger partial charge in [0, 0.05) is 38.0 Å². The van der Waals surface area contributed by atoms with Crippen molar-refractivity contribution in [2.75, 3.05) is 18.4 Å². The van der Waals surface area contributed by atoms with Crippen LogP contribution in [0.4, 0.5) is 10.5 Å². The summed E-state index contributed by atoms with van der Waals surface area (Å²) in [6.07, 6.45) is 8.04. The van der Waals surface area contributed by atoms with E-state index in [4.69, 9.17) is 0 Å². The van der Waals surface area contributed by atoms with Gasteiger partial charge in [0.15, 0.2) is 0 Å². The highest BCUT2D eigenvalue weighted by atomic mass is 32.2. The Balaban J connectivity index is 1.25. The van der Waals surface area contributed by atoms with E-state index in [-0.39, 0.29) is 11.9 Å². The van der Waals surface area contributed by atoms with Crippen LogP contribution in [-0.2, 0) is 41.8 Å². The summed E-state index contributed by atoms with van der Waals surface area (Å²) in [5.41, 5.74) is 6.08. The lowest BCUT2D eigenvalue weighted by Gasteiger charge is -2.38. The topological polar surface area (TPSA) is 102 Å². The third kappa shape index (κ3) is 3.45. The van der Waals surface area contributed by atoms with Crippen LogP contribution in [0.1, 0.15) is 48.1 Å². The summed E-state index contributed by atoms with van der Waals surface area (Å²) in [6, 6.07) is 3.57. The molecule has 0 spiro atoms. The summed E-state index contributed by atoms with van der Waals surface area (Å²) in [5.74, 6) is 0.0411. The molecule has 1 aromatic heterocycles. The first-order valence-electron chi connectivity index (χ1n) is 10.5. The molecule has 3 amide bonds. The summed E-state index contributed by atoms with van der Waals surface area (Å²) in [4.78, 5) is 25.7. The molecular weight excluding hydrogens is 402 g/mol. The van der Waals surface area contributed by atoms with Gasteiger partial charge in [-0.2, -0.15) is 0 Å². The first-order valence-corrected chi connectivity index (χ1v) is 11.6. The molecule has 1 saturated heterocycles. The fraction of sp³-hybridized carbons (Fsp3) is 0.476. The Bertz CT molecular complexity index is 982. The van der Waals surface area contributed by atoms with Crippen LogP contribution in [0, 0.1) is 0 Å². The number of aryl methyl sites for hydroxylation is 2. The number of amides is 3. The predicted octanol–water partition coefficient (Wildman–Crippen LogP) is 2.11. The smallest absolute Gasteiger partial charge is 0.361 e. The maximum atomic E-state index is 12.6. The van der Waals surface area contributed by atoms with E-state index in [9.17, 15) is 14.1 Å². The molecule has 1 unspecified atom stereocenters. The first kappa shape index (κ1) is 19.4. The van der Waals surface area contributed by atoms with Gasteiger partial charge in [0.1, 0.15) is 11.4 Å². The number of benzene rings is 1. The minimum Gasteiger partial charge on any atom is -0.586 e. The molecule has 30 heavy (non-hydrogen) atoms. The van der Waals surface area contributed by atoms with Crippen LogP contribution >= 0.6 is 0 Å². The lowest BCUT2D eigenvalue weighted by molar-refractivity contribution is -0.134. The van der Waals surface area contributed by atoms with E-state index in [0.29, 0.717) is 18.1 Å². The van der Waals surface area contributed by atoms with Crippen LogP contribution in [0.3, 0.4) is 0 Å². The van der Waals surface area contributed by atoms with Gasteiger partial charge in [0.2, 0.25) is 5.91 Å². The SMILES string of the molecule is CC(=O)N1CC(n2ccc([S+]([O-])NC(=O)Nc3c4c(cc5c3CCC5)CCC4)n2)C1. The highest BCUT2D eigenvalue weighted by Gasteiger charge is 2.32. The van der Waals surface area contributed by atoms with E-state index in [1.54, 1.807) is 28.8 Å². The third-order valence-corrected chi connectivity index (χ3v) is 7.32. The number of carbonyl (C=O) groups excluding carboxylic acids is 2. The van der Waals surface area contributed by atoms with E-state index in [2.05, 4.69) is 21.2 Å². The summed E-state index contributed by atoms with van der Waals surface area (Å²) < 4.78 is 16.9. The number of anilines is 1. The second-order valence-corrected chi connectivity index (χ2v) is 9.43. The molecule has 158 valence electrons. The Hall–Kier alpha value is -2.52.